The molecular weight excluding hydrogens is 272 g/mol. The minimum absolute atomic E-state index is 0.0405. The molecule has 0 saturated carbocycles. The number of hydrogen-bond donors (Lipinski definition) is 1. The number of amides is 1. The van der Waals surface area contributed by atoms with Crippen LogP contribution in [0.1, 0.15) is 25.6 Å². The molecule has 0 bridgehead atoms. The van der Waals surface area contributed by atoms with Crippen molar-refractivity contribution in [1.29, 1.82) is 0 Å². The van der Waals surface area contributed by atoms with E-state index < -0.39 is 0 Å². The maximum Gasteiger partial charge on any atom is 0.238 e. The summed E-state index contributed by atoms with van der Waals surface area (Å²) in [6.45, 7) is 5.44. The number of rotatable bonds is 5. The number of carbonyl (C=O) groups is 1. The smallest absolute Gasteiger partial charge is 0.238 e. The number of nitrogens with one attached hydrogen (secondary N) is 1. The zero-order valence-electron chi connectivity index (χ0n) is 12.5. The molecule has 20 heavy (non-hydrogen) atoms. The molecule has 0 radical (unpaired) electrons. The quantitative estimate of drug-likeness (QED) is 0.904. The fraction of sp³-hybridized carbons (Fsp3) is 0.533. The zero-order chi connectivity index (χ0) is 14.8. The van der Waals surface area contributed by atoms with Crippen molar-refractivity contribution in [2.45, 2.75) is 24.8 Å². The third kappa shape index (κ3) is 3.27. The lowest BCUT2D eigenvalue weighted by molar-refractivity contribution is -0.128. The van der Waals surface area contributed by atoms with Crippen LogP contribution >= 0.6 is 11.8 Å². The van der Waals surface area contributed by atoms with Crippen molar-refractivity contribution in [3.05, 3.63) is 29.8 Å². The molecule has 1 atom stereocenters. The van der Waals surface area contributed by atoms with Gasteiger partial charge in [0.15, 0.2) is 0 Å². The summed E-state index contributed by atoms with van der Waals surface area (Å²) in [5.74, 6) is 0.965. The van der Waals surface area contributed by atoms with E-state index in [4.69, 9.17) is 4.74 Å². The van der Waals surface area contributed by atoms with E-state index in [-0.39, 0.29) is 16.8 Å². The van der Waals surface area contributed by atoms with Gasteiger partial charge in [-0.15, -0.1) is 0 Å². The monoisotopic (exact) mass is 294 g/mol. The maximum atomic E-state index is 12.1. The predicted octanol–water partition coefficient (Wildman–Crippen LogP) is 2.27. The van der Waals surface area contributed by atoms with Gasteiger partial charge in [-0.25, -0.2) is 0 Å². The highest BCUT2D eigenvalue weighted by molar-refractivity contribution is 7.99. The Bertz CT molecular complexity index is 491. The van der Waals surface area contributed by atoms with E-state index in [1.54, 1.807) is 18.9 Å². The Balaban J connectivity index is 2.23. The van der Waals surface area contributed by atoms with Crippen molar-refractivity contribution in [3.63, 3.8) is 0 Å². The summed E-state index contributed by atoms with van der Waals surface area (Å²) in [5.41, 5.74) is 1.06. The second-order valence-corrected chi connectivity index (χ2v) is 7.06. The lowest BCUT2D eigenvalue weighted by atomic mass is 10.1. The molecule has 0 aliphatic carbocycles. The molecule has 1 aliphatic rings. The fourth-order valence-electron chi connectivity index (χ4n) is 2.30. The summed E-state index contributed by atoms with van der Waals surface area (Å²) in [6.07, 6.45) is 2.01. The van der Waals surface area contributed by atoms with Crippen molar-refractivity contribution >= 4 is 17.7 Å². The largest absolute Gasteiger partial charge is 0.497 e. The Morgan fingerprint density at radius 1 is 1.50 bits per heavy atom. The summed E-state index contributed by atoms with van der Waals surface area (Å²) >= 11 is 1.77. The molecule has 110 valence electrons. The SMILES string of the molecule is COc1cccc(C2NCC(=O)N2CC(C)(C)SC)c1. The van der Waals surface area contributed by atoms with E-state index in [1.807, 2.05) is 29.2 Å². The van der Waals surface area contributed by atoms with Gasteiger partial charge in [0.25, 0.3) is 0 Å². The number of thioether (sulfide) groups is 1. The molecule has 5 heteroatoms. The summed E-state index contributed by atoms with van der Waals surface area (Å²) in [4.78, 5) is 14.1. The van der Waals surface area contributed by atoms with E-state index in [0.717, 1.165) is 17.9 Å². The van der Waals surface area contributed by atoms with Gasteiger partial charge in [0.2, 0.25) is 5.91 Å². The number of nitrogens with zero attached hydrogens (tertiary/aromatic N) is 1. The average molecular weight is 294 g/mol. The van der Waals surface area contributed by atoms with Crippen molar-refractivity contribution in [1.82, 2.24) is 10.2 Å². The van der Waals surface area contributed by atoms with Gasteiger partial charge in [-0.2, -0.15) is 11.8 Å². The lowest BCUT2D eigenvalue weighted by Crippen LogP contribution is -2.40. The first-order chi connectivity index (χ1) is 9.46. The van der Waals surface area contributed by atoms with Crippen LogP contribution in [-0.4, -0.2) is 42.0 Å². The molecule has 1 aromatic carbocycles. The molecule has 1 fully saturated rings. The maximum absolute atomic E-state index is 12.1. The highest BCUT2D eigenvalue weighted by Gasteiger charge is 2.35. The van der Waals surface area contributed by atoms with Crippen molar-refractivity contribution in [2.75, 3.05) is 26.5 Å². The Kier molecular flexibility index (Phi) is 4.60. The molecule has 0 spiro atoms. The van der Waals surface area contributed by atoms with Crippen LogP contribution in [0, 0.1) is 0 Å². The highest BCUT2D eigenvalue weighted by Crippen LogP contribution is 2.30. The number of methoxy groups -OCH3 is 1. The topological polar surface area (TPSA) is 41.6 Å². The van der Waals surface area contributed by atoms with Crippen LogP contribution in [-0.2, 0) is 4.79 Å². The lowest BCUT2D eigenvalue weighted by Gasteiger charge is -2.32. The molecule has 1 saturated heterocycles. The molecule has 4 nitrogen and oxygen atoms in total. The van der Waals surface area contributed by atoms with Crippen LogP contribution in [0.2, 0.25) is 0 Å². The third-order valence-corrected chi connectivity index (χ3v) is 4.83. The highest BCUT2D eigenvalue weighted by atomic mass is 32.2. The van der Waals surface area contributed by atoms with E-state index in [1.165, 1.54) is 0 Å². The number of benzene rings is 1. The predicted molar refractivity (Wildman–Crippen MR) is 83.0 cm³/mol. The second-order valence-electron chi connectivity index (χ2n) is 5.55. The molecule has 1 heterocycles. The number of hydrogen-bond acceptors (Lipinski definition) is 4. The van der Waals surface area contributed by atoms with Crippen LogP contribution in [0.3, 0.4) is 0 Å². The van der Waals surface area contributed by atoms with Crippen molar-refractivity contribution < 1.29 is 9.53 Å². The van der Waals surface area contributed by atoms with Crippen LogP contribution in [0.5, 0.6) is 5.75 Å². The Labute approximate surface area is 124 Å². The summed E-state index contributed by atoms with van der Waals surface area (Å²) in [7, 11) is 1.65. The normalized spacial score (nSPS) is 19.5. The summed E-state index contributed by atoms with van der Waals surface area (Å²) < 4.78 is 5.30. The fourth-order valence-corrected chi connectivity index (χ4v) is 2.57. The Morgan fingerprint density at radius 3 is 2.90 bits per heavy atom. The molecule has 1 unspecified atom stereocenters. The molecule has 1 aromatic rings. The first kappa shape index (κ1) is 15.2. The van der Waals surface area contributed by atoms with Gasteiger partial charge in [0, 0.05) is 11.3 Å². The first-order valence-corrected chi connectivity index (χ1v) is 7.91. The van der Waals surface area contributed by atoms with Gasteiger partial charge in [-0.3, -0.25) is 10.1 Å². The van der Waals surface area contributed by atoms with E-state index in [2.05, 4.69) is 25.4 Å². The average Bonchev–Trinajstić information content (AvgIpc) is 2.80. The van der Waals surface area contributed by atoms with Gasteiger partial charge >= 0.3 is 0 Å². The van der Waals surface area contributed by atoms with Gasteiger partial charge in [0.1, 0.15) is 11.9 Å². The number of carbonyl (C=O) groups excluding carboxylic acids is 1. The minimum atomic E-state index is -0.0657. The van der Waals surface area contributed by atoms with Gasteiger partial charge in [-0.1, -0.05) is 12.1 Å². The zero-order valence-corrected chi connectivity index (χ0v) is 13.3. The van der Waals surface area contributed by atoms with Crippen LogP contribution in [0.15, 0.2) is 24.3 Å². The molecule has 1 amide bonds. The number of ether oxygens (including phenoxy) is 1. The van der Waals surface area contributed by atoms with Gasteiger partial charge < -0.3 is 9.64 Å². The molecule has 2 rings (SSSR count). The second kappa shape index (κ2) is 6.06. The molecule has 0 aromatic heterocycles. The van der Waals surface area contributed by atoms with Crippen LogP contribution in [0.25, 0.3) is 0 Å². The molecule has 1 aliphatic heterocycles. The van der Waals surface area contributed by atoms with E-state index in [0.29, 0.717) is 6.54 Å². The Morgan fingerprint density at radius 2 is 2.25 bits per heavy atom. The van der Waals surface area contributed by atoms with E-state index in [9.17, 15) is 4.79 Å². The Hall–Kier alpha value is -1.20. The third-order valence-electron chi connectivity index (χ3n) is 3.59. The van der Waals surface area contributed by atoms with E-state index >= 15 is 0 Å². The molecular formula is C15H22N2O2S. The summed E-state index contributed by atoms with van der Waals surface area (Å²) in [5, 5.41) is 3.28. The minimum Gasteiger partial charge on any atom is -0.497 e. The first-order valence-electron chi connectivity index (χ1n) is 6.69. The van der Waals surface area contributed by atoms with Crippen LogP contribution < -0.4 is 10.1 Å². The standard InChI is InChI=1S/C15H22N2O2S/c1-15(2,20-4)10-17-13(18)9-16-14(17)11-6-5-7-12(8-11)19-3/h5-8,14,16H,9-10H2,1-4H3. The molecule has 1 N–H and O–H groups in total. The van der Waals surface area contributed by atoms with Gasteiger partial charge in [0.05, 0.1) is 13.7 Å². The van der Waals surface area contributed by atoms with Gasteiger partial charge in [-0.05, 0) is 37.8 Å². The van der Waals surface area contributed by atoms with Crippen LogP contribution in [0.4, 0.5) is 0 Å². The summed E-state index contributed by atoms with van der Waals surface area (Å²) in [6, 6.07) is 7.88. The van der Waals surface area contributed by atoms with Crippen molar-refractivity contribution in [2.24, 2.45) is 0 Å². The van der Waals surface area contributed by atoms with Crippen molar-refractivity contribution in [3.8, 4) is 5.75 Å².